The van der Waals surface area contributed by atoms with Gasteiger partial charge in [0.25, 0.3) is 0 Å². The highest BCUT2D eigenvalue weighted by molar-refractivity contribution is 6.84. The van der Waals surface area contributed by atoms with Crippen LogP contribution in [0.1, 0.15) is 28.8 Å². The first-order valence-corrected chi connectivity index (χ1v) is 20.3. The Bertz CT molecular complexity index is 1380. The van der Waals surface area contributed by atoms with Crippen LogP contribution in [0.25, 0.3) is 11.1 Å². The van der Waals surface area contributed by atoms with Crippen molar-refractivity contribution in [1.82, 2.24) is 0 Å². The normalized spacial score (nSPS) is 11.3. The van der Waals surface area contributed by atoms with Crippen molar-refractivity contribution in [1.29, 1.82) is 5.26 Å². The summed E-state index contributed by atoms with van der Waals surface area (Å²) in [5, 5.41) is 8.96. The molecule has 0 aromatic heterocycles. The number of benzene rings is 3. The summed E-state index contributed by atoms with van der Waals surface area (Å²) in [6, 6.07) is 25.6. The molecular weight excluding hydrogens is 563 g/mol. The Kier molecular flexibility index (Phi) is 11.9. The van der Waals surface area contributed by atoms with Gasteiger partial charge in [0.15, 0.2) is 16.6 Å². The fourth-order valence-corrected chi connectivity index (χ4v) is 13.4. The first-order valence-electron chi connectivity index (χ1n) is 14.1. The van der Waals surface area contributed by atoms with Crippen molar-refractivity contribution in [3.63, 3.8) is 0 Å². The number of esters is 2. The maximum atomic E-state index is 12.6. The minimum Gasteiger partial charge on any atom is -0.494 e. The van der Waals surface area contributed by atoms with E-state index in [4.69, 9.17) is 23.6 Å². The Balaban J connectivity index is 1.40. The summed E-state index contributed by atoms with van der Waals surface area (Å²) in [6.45, 7) is 13.3. The van der Waals surface area contributed by atoms with Crippen molar-refractivity contribution in [2.45, 2.75) is 51.1 Å². The quantitative estimate of drug-likeness (QED) is 0.0578. The van der Waals surface area contributed by atoms with E-state index < -0.39 is 22.6 Å². The smallest absolute Gasteiger partial charge is 0.343 e. The summed E-state index contributed by atoms with van der Waals surface area (Å²) in [7, 11) is -3.73. The molecule has 0 saturated heterocycles. The van der Waals surface area contributed by atoms with Gasteiger partial charge in [-0.1, -0.05) is 30.8 Å². The SMILES string of the molecule is C=CC(=O)OCCC[Si](C)(C)O[Si](C)(C)CCCOc1ccc(C(=O)Oc2ccc(-c3ccc(C#N)cc3)cc2)cc1. The second kappa shape index (κ2) is 15.3. The second-order valence-corrected chi connectivity index (χ2v) is 20.0. The average Bonchev–Trinajstić information content (AvgIpc) is 2.97. The summed E-state index contributed by atoms with van der Waals surface area (Å²) in [4.78, 5) is 23.8. The zero-order chi connectivity index (χ0) is 30.6. The number of nitrogens with zero attached hydrogens (tertiary/aromatic N) is 1. The van der Waals surface area contributed by atoms with Gasteiger partial charge in [-0.3, -0.25) is 0 Å². The third kappa shape index (κ3) is 10.8. The lowest BCUT2D eigenvalue weighted by Crippen LogP contribution is -2.44. The standard InChI is InChI=1S/C33H39NO6Si2/c1-6-32(35)38-22-8-24-42(4,5)40-41(2,3)23-7-21-37-30-17-15-29(16-18-30)33(36)39-31-19-13-28(14-20-31)27-11-9-26(25-34)10-12-27/h6,9-20H,1,7-8,21-24H2,2-5H3. The highest BCUT2D eigenvalue weighted by atomic mass is 28.4. The molecule has 0 aliphatic carbocycles. The average molecular weight is 602 g/mol. The van der Waals surface area contributed by atoms with Gasteiger partial charge in [0.1, 0.15) is 11.5 Å². The highest BCUT2D eigenvalue weighted by Gasteiger charge is 2.32. The van der Waals surface area contributed by atoms with Crippen LogP contribution in [0.4, 0.5) is 0 Å². The predicted molar refractivity (Wildman–Crippen MR) is 170 cm³/mol. The van der Waals surface area contributed by atoms with E-state index in [0.29, 0.717) is 35.8 Å². The molecule has 0 unspecified atom stereocenters. The van der Waals surface area contributed by atoms with Gasteiger partial charge >= 0.3 is 11.9 Å². The van der Waals surface area contributed by atoms with Gasteiger partial charge in [-0.05, 0) is 111 Å². The van der Waals surface area contributed by atoms with Gasteiger partial charge in [-0.15, -0.1) is 0 Å². The zero-order valence-electron chi connectivity index (χ0n) is 24.9. The van der Waals surface area contributed by atoms with Crippen LogP contribution in [0.3, 0.4) is 0 Å². The number of carbonyl (C=O) groups excluding carboxylic acids is 2. The molecule has 9 heteroatoms. The minimum absolute atomic E-state index is 0.386. The maximum Gasteiger partial charge on any atom is 0.343 e. The zero-order valence-corrected chi connectivity index (χ0v) is 26.9. The van der Waals surface area contributed by atoms with E-state index in [1.807, 2.05) is 24.3 Å². The van der Waals surface area contributed by atoms with Crippen molar-refractivity contribution < 1.29 is 27.9 Å². The lowest BCUT2D eigenvalue weighted by Gasteiger charge is -2.34. The van der Waals surface area contributed by atoms with Gasteiger partial charge in [0, 0.05) is 6.08 Å². The predicted octanol–water partition coefficient (Wildman–Crippen LogP) is 7.76. The van der Waals surface area contributed by atoms with Crippen LogP contribution in [0.15, 0.2) is 85.5 Å². The van der Waals surface area contributed by atoms with Gasteiger partial charge in [-0.25, -0.2) is 9.59 Å². The van der Waals surface area contributed by atoms with E-state index in [1.54, 1.807) is 48.5 Å². The Morgan fingerprint density at radius 1 is 0.786 bits per heavy atom. The van der Waals surface area contributed by atoms with Gasteiger partial charge in [-0.2, -0.15) is 5.26 Å². The maximum absolute atomic E-state index is 12.6. The summed E-state index contributed by atoms with van der Waals surface area (Å²) in [6.07, 6.45) is 2.85. The molecule has 0 bridgehead atoms. The van der Waals surface area contributed by atoms with Crippen molar-refractivity contribution in [2.75, 3.05) is 13.2 Å². The first-order chi connectivity index (χ1) is 20.0. The number of carbonyl (C=O) groups is 2. The number of hydrogen-bond donors (Lipinski definition) is 0. The van der Waals surface area contributed by atoms with Gasteiger partial charge in [0.05, 0.1) is 30.4 Å². The van der Waals surface area contributed by atoms with Crippen LogP contribution < -0.4 is 9.47 Å². The highest BCUT2D eigenvalue weighted by Crippen LogP contribution is 2.25. The molecule has 3 aromatic carbocycles. The lowest BCUT2D eigenvalue weighted by molar-refractivity contribution is -0.137. The fraction of sp³-hybridized carbons (Fsp3) is 0.303. The molecule has 0 saturated carbocycles. The Morgan fingerprint density at radius 2 is 1.31 bits per heavy atom. The molecule has 0 spiro atoms. The summed E-state index contributed by atoms with van der Waals surface area (Å²) in [5.41, 5.74) is 2.99. The Morgan fingerprint density at radius 3 is 1.86 bits per heavy atom. The van der Waals surface area contributed by atoms with Crippen LogP contribution in [0, 0.1) is 11.3 Å². The molecule has 42 heavy (non-hydrogen) atoms. The molecule has 7 nitrogen and oxygen atoms in total. The van der Waals surface area contributed by atoms with Crippen LogP contribution >= 0.6 is 0 Å². The summed E-state index contributed by atoms with van der Waals surface area (Å²) < 4.78 is 23.2. The van der Waals surface area contributed by atoms with Crippen LogP contribution in [0.2, 0.25) is 38.3 Å². The third-order valence-corrected chi connectivity index (χ3v) is 14.1. The molecule has 3 rings (SSSR count). The van der Waals surface area contributed by atoms with E-state index in [-0.39, 0.29) is 5.97 Å². The van der Waals surface area contributed by atoms with E-state index >= 15 is 0 Å². The third-order valence-electron chi connectivity index (χ3n) is 6.58. The van der Waals surface area contributed by atoms with E-state index in [1.165, 1.54) is 6.08 Å². The number of hydrogen-bond acceptors (Lipinski definition) is 7. The van der Waals surface area contributed by atoms with Crippen LogP contribution in [-0.4, -0.2) is 41.8 Å². The van der Waals surface area contributed by atoms with Crippen molar-refractivity contribution in [2.24, 2.45) is 0 Å². The minimum atomic E-state index is -1.87. The molecule has 0 N–H and O–H groups in total. The summed E-state index contributed by atoms with van der Waals surface area (Å²) in [5.74, 6) is 0.322. The van der Waals surface area contributed by atoms with Gasteiger partial charge in [0.2, 0.25) is 0 Å². The number of ether oxygens (including phenoxy) is 3. The number of nitriles is 1. The lowest BCUT2D eigenvalue weighted by atomic mass is 10.0. The molecule has 0 fully saturated rings. The Labute approximate surface area is 251 Å². The molecule has 0 aliphatic rings. The summed E-state index contributed by atoms with van der Waals surface area (Å²) >= 11 is 0. The topological polar surface area (TPSA) is 94.8 Å². The van der Waals surface area contributed by atoms with Crippen molar-refractivity contribution in [3.05, 3.63) is 96.6 Å². The molecule has 0 amide bonds. The molecule has 0 heterocycles. The van der Waals surface area contributed by atoms with Crippen molar-refractivity contribution >= 4 is 28.6 Å². The second-order valence-electron chi connectivity index (χ2n) is 11.2. The van der Waals surface area contributed by atoms with E-state index in [9.17, 15) is 9.59 Å². The molecule has 220 valence electrons. The molecule has 0 aliphatic heterocycles. The molecular formula is C33H39NO6Si2. The van der Waals surface area contributed by atoms with Crippen molar-refractivity contribution in [3.8, 4) is 28.7 Å². The van der Waals surface area contributed by atoms with E-state index in [2.05, 4.69) is 38.8 Å². The van der Waals surface area contributed by atoms with Gasteiger partial charge < -0.3 is 18.3 Å². The van der Waals surface area contributed by atoms with Crippen LogP contribution in [0.5, 0.6) is 11.5 Å². The molecule has 0 radical (unpaired) electrons. The monoisotopic (exact) mass is 601 g/mol. The largest absolute Gasteiger partial charge is 0.494 e. The van der Waals surface area contributed by atoms with E-state index in [0.717, 1.165) is 36.1 Å². The number of rotatable bonds is 15. The fourth-order valence-electron chi connectivity index (χ4n) is 4.57. The first kappa shape index (κ1) is 32.5. The molecule has 3 aromatic rings. The van der Waals surface area contributed by atoms with Crippen LogP contribution in [-0.2, 0) is 13.6 Å². The Hall–Kier alpha value is -3.98. The molecule has 0 atom stereocenters.